The van der Waals surface area contributed by atoms with Gasteiger partial charge in [0.2, 0.25) is 0 Å². The van der Waals surface area contributed by atoms with E-state index >= 15 is 0 Å². The first-order chi connectivity index (χ1) is 8.83. The van der Waals surface area contributed by atoms with Crippen LogP contribution in [0.2, 0.25) is 5.02 Å². The van der Waals surface area contributed by atoms with E-state index in [0.717, 1.165) is 30.0 Å². The molecule has 2 nitrogen and oxygen atoms in total. The second kappa shape index (κ2) is 6.81. The first kappa shape index (κ1) is 13.4. The largest absolute Gasteiger partial charge is 0.346 e. The Kier molecular flexibility index (Phi) is 5.09. The van der Waals surface area contributed by atoms with E-state index < -0.39 is 0 Å². The number of benzene rings is 1. The van der Waals surface area contributed by atoms with Crippen molar-refractivity contribution in [3.8, 4) is 0 Å². The molecule has 3 heteroatoms. The zero-order valence-electron chi connectivity index (χ0n) is 11.0. The lowest BCUT2D eigenvalue weighted by atomic mass is 10.2. The molecule has 0 radical (unpaired) electrons. The Bertz CT molecular complexity index is 490. The second-order valence-electron chi connectivity index (χ2n) is 4.64. The lowest BCUT2D eigenvalue weighted by Crippen LogP contribution is -2.20. The molecule has 0 saturated carbocycles. The summed E-state index contributed by atoms with van der Waals surface area (Å²) in [4.78, 5) is 0. The van der Waals surface area contributed by atoms with E-state index in [-0.39, 0.29) is 0 Å². The van der Waals surface area contributed by atoms with E-state index in [1.165, 1.54) is 24.8 Å². The van der Waals surface area contributed by atoms with Gasteiger partial charge in [-0.05, 0) is 31.2 Å². The predicted molar refractivity (Wildman–Crippen MR) is 79.3 cm³/mol. The van der Waals surface area contributed by atoms with Crippen LogP contribution in [0.5, 0.6) is 0 Å². The molecule has 0 amide bonds. The predicted octanol–water partition coefficient (Wildman–Crippen LogP) is 4.07. The molecule has 0 aliphatic heterocycles. The van der Waals surface area contributed by atoms with E-state index in [9.17, 15) is 0 Å². The third-order valence-corrected chi connectivity index (χ3v) is 3.58. The maximum atomic E-state index is 6.16. The van der Waals surface area contributed by atoms with Crippen LogP contribution in [-0.2, 0) is 6.54 Å². The van der Waals surface area contributed by atoms with Crippen LogP contribution in [0.1, 0.15) is 26.2 Å². The fraction of sp³-hybridized carbons (Fsp3) is 0.467. The smallest absolute Gasteiger partial charge is 0.0499 e. The van der Waals surface area contributed by atoms with Gasteiger partial charge in [0.15, 0.2) is 0 Å². The van der Waals surface area contributed by atoms with Crippen LogP contribution < -0.4 is 5.32 Å². The van der Waals surface area contributed by atoms with Gasteiger partial charge in [-0.2, -0.15) is 0 Å². The number of nitrogens with one attached hydrogen (secondary N) is 1. The number of aromatic nitrogens is 1. The molecule has 1 aromatic carbocycles. The molecule has 0 fully saturated rings. The maximum absolute atomic E-state index is 6.16. The Morgan fingerprint density at radius 1 is 1.17 bits per heavy atom. The zero-order valence-corrected chi connectivity index (χ0v) is 11.7. The average Bonchev–Trinajstić information content (AvgIpc) is 2.79. The molecule has 2 rings (SSSR count). The van der Waals surface area contributed by atoms with Gasteiger partial charge >= 0.3 is 0 Å². The highest BCUT2D eigenvalue weighted by Crippen LogP contribution is 2.23. The third-order valence-electron chi connectivity index (χ3n) is 3.25. The fourth-order valence-electron chi connectivity index (χ4n) is 2.21. The van der Waals surface area contributed by atoms with Crippen LogP contribution in [-0.4, -0.2) is 17.7 Å². The van der Waals surface area contributed by atoms with Crippen LogP contribution in [0.15, 0.2) is 30.5 Å². The summed E-state index contributed by atoms with van der Waals surface area (Å²) in [5.74, 6) is 0. The summed E-state index contributed by atoms with van der Waals surface area (Å²) in [5, 5.41) is 5.46. The molecule has 1 heterocycles. The summed E-state index contributed by atoms with van der Waals surface area (Å²) in [6, 6.07) is 8.17. The van der Waals surface area contributed by atoms with Crippen LogP contribution in [0, 0.1) is 0 Å². The second-order valence-corrected chi connectivity index (χ2v) is 5.05. The topological polar surface area (TPSA) is 17.0 Å². The first-order valence-corrected chi connectivity index (χ1v) is 7.15. The molecule has 0 atom stereocenters. The van der Waals surface area contributed by atoms with Crippen LogP contribution in [0.3, 0.4) is 0 Å². The molecule has 0 bridgehead atoms. The number of rotatable bonds is 7. The lowest BCUT2D eigenvalue weighted by molar-refractivity contribution is 0.576. The van der Waals surface area contributed by atoms with Crippen molar-refractivity contribution in [1.29, 1.82) is 0 Å². The highest BCUT2D eigenvalue weighted by Gasteiger charge is 2.03. The van der Waals surface area contributed by atoms with Crippen molar-refractivity contribution in [2.45, 2.75) is 32.7 Å². The highest BCUT2D eigenvalue weighted by atomic mass is 35.5. The minimum Gasteiger partial charge on any atom is -0.346 e. The highest BCUT2D eigenvalue weighted by molar-refractivity contribution is 6.35. The maximum Gasteiger partial charge on any atom is 0.0499 e. The lowest BCUT2D eigenvalue weighted by Gasteiger charge is -2.07. The van der Waals surface area contributed by atoms with Crippen molar-refractivity contribution in [1.82, 2.24) is 9.88 Å². The molecule has 0 aliphatic carbocycles. The SMILES string of the molecule is CCCCCNCCn1ccc2c(Cl)cccc21. The van der Waals surface area contributed by atoms with Gasteiger partial charge in [-0.25, -0.2) is 0 Å². The summed E-state index contributed by atoms with van der Waals surface area (Å²) in [6.45, 7) is 5.36. The average molecular weight is 265 g/mol. The summed E-state index contributed by atoms with van der Waals surface area (Å²) in [7, 11) is 0. The molecule has 1 N–H and O–H groups in total. The van der Waals surface area contributed by atoms with Crippen molar-refractivity contribution in [3.05, 3.63) is 35.5 Å². The summed E-state index contributed by atoms with van der Waals surface area (Å²) < 4.78 is 2.26. The Morgan fingerprint density at radius 3 is 2.89 bits per heavy atom. The first-order valence-electron chi connectivity index (χ1n) is 6.77. The summed E-state index contributed by atoms with van der Waals surface area (Å²) >= 11 is 6.16. The molecule has 0 saturated heterocycles. The minimum atomic E-state index is 0.835. The van der Waals surface area contributed by atoms with Gasteiger partial charge in [0.25, 0.3) is 0 Å². The number of hydrogen-bond acceptors (Lipinski definition) is 1. The summed E-state index contributed by atoms with van der Waals surface area (Å²) in [5.41, 5.74) is 1.22. The van der Waals surface area contributed by atoms with E-state index in [2.05, 4.69) is 35.1 Å². The standard InChI is InChI=1S/C15H21ClN2/c1-2-3-4-9-17-10-12-18-11-8-13-14(16)6-5-7-15(13)18/h5-8,11,17H,2-4,9-10,12H2,1H3. The number of fused-ring (bicyclic) bond motifs is 1. The van der Waals surface area contributed by atoms with Gasteiger partial charge in [0.1, 0.15) is 0 Å². The van der Waals surface area contributed by atoms with Gasteiger partial charge in [0, 0.05) is 35.2 Å². The molecule has 0 unspecified atom stereocenters. The number of nitrogens with zero attached hydrogens (tertiary/aromatic N) is 1. The Labute approximate surface area is 114 Å². The molecule has 0 aliphatic rings. The number of halogens is 1. The van der Waals surface area contributed by atoms with Crippen LogP contribution >= 0.6 is 11.6 Å². The molecule has 2 aromatic rings. The molecular formula is C15H21ClN2. The van der Waals surface area contributed by atoms with Crippen molar-refractivity contribution < 1.29 is 0 Å². The van der Waals surface area contributed by atoms with Gasteiger partial charge in [-0.1, -0.05) is 37.4 Å². The number of unbranched alkanes of at least 4 members (excludes halogenated alkanes) is 2. The van der Waals surface area contributed by atoms with Crippen molar-refractivity contribution in [2.75, 3.05) is 13.1 Å². The van der Waals surface area contributed by atoms with E-state index in [1.54, 1.807) is 0 Å². The van der Waals surface area contributed by atoms with Crippen molar-refractivity contribution in [2.24, 2.45) is 0 Å². The molecule has 18 heavy (non-hydrogen) atoms. The Morgan fingerprint density at radius 2 is 2.06 bits per heavy atom. The molecular weight excluding hydrogens is 244 g/mol. The zero-order chi connectivity index (χ0) is 12.8. The third kappa shape index (κ3) is 3.27. The quantitative estimate of drug-likeness (QED) is 0.746. The summed E-state index contributed by atoms with van der Waals surface area (Å²) in [6.07, 6.45) is 5.98. The van der Waals surface area contributed by atoms with Crippen LogP contribution in [0.25, 0.3) is 10.9 Å². The Balaban J connectivity index is 1.86. The number of hydrogen-bond donors (Lipinski definition) is 1. The monoisotopic (exact) mass is 264 g/mol. The fourth-order valence-corrected chi connectivity index (χ4v) is 2.44. The molecule has 1 aromatic heterocycles. The molecule has 0 spiro atoms. The van der Waals surface area contributed by atoms with Gasteiger partial charge in [-0.3, -0.25) is 0 Å². The van der Waals surface area contributed by atoms with E-state index in [0.29, 0.717) is 0 Å². The normalized spacial score (nSPS) is 11.2. The Hall–Kier alpha value is -0.990. The van der Waals surface area contributed by atoms with Gasteiger partial charge in [-0.15, -0.1) is 0 Å². The van der Waals surface area contributed by atoms with Gasteiger partial charge < -0.3 is 9.88 Å². The van der Waals surface area contributed by atoms with E-state index in [1.807, 2.05) is 12.1 Å². The molecule has 98 valence electrons. The van der Waals surface area contributed by atoms with Crippen molar-refractivity contribution >= 4 is 22.5 Å². The minimum absolute atomic E-state index is 0.835. The van der Waals surface area contributed by atoms with Gasteiger partial charge in [0.05, 0.1) is 0 Å². The van der Waals surface area contributed by atoms with E-state index in [4.69, 9.17) is 11.6 Å². The van der Waals surface area contributed by atoms with Crippen molar-refractivity contribution in [3.63, 3.8) is 0 Å². The van der Waals surface area contributed by atoms with Crippen LogP contribution in [0.4, 0.5) is 0 Å².